The van der Waals surface area contributed by atoms with Gasteiger partial charge in [-0.15, -0.1) is 0 Å². The van der Waals surface area contributed by atoms with E-state index in [0.717, 1.165) is 12.8 Å². The van der Waals surface area contributed by atoms with E-state index in [-0.39, 0.29) is 0 Å². The molecule has 0 saturated carbocycles. The van der Waals surface area contributed by atoms with E-state index < -0.39 is 0 Å². The fourth-order valence-electron chi connectivity index (χ4n) is 5.55. The largest absolute Gasteiger partial charge is 0.309 e. The molecule has 7 rings (SSSR count). The molecule has 0 bridgehead atoms. The van der Waals surface area contributed by atoms with Gasteiger partial charge in [0.25, 0.3) is 0 Å². The fraction of sp³-hybridized carbons (Fsp3) is 0.0667. The van der Waals surface area contributed by atoms with Crippen LogP contribution in [0.2, 0.25) is 0 Å². The molecular formula is C30H21N. The van der Waals surface area contributed by atoms with Crippen molar-refractivity contribution in [2.24, 2.45) is 0 Å². The Labute approximate surface area is 180 Å². The summed E-state index contributed by atoms with van der Waals surface area (Å²) in [7, 11) is 0. The van der Waals surface area contributed by atoms with E-state index in [1.54, 1.807) is 0 Å². The Balaban J connectivity index is 1.86. The van der Waals surface area contributed by atoms with Crippen LogP contribution >= 0.6 is 0 Å². The lowest BCUT2D eigenvalue weighted by atomic mass is 9.90. The average molecular weight is 396 g/mol. The number of rotatable bonds is 1. The van der Waals surface area contributed by atoms with E-state index in [0.29, 0.717) is 0 Å². The molecule has 6 aromatic rings. The van der Waals surface area contributed by atoms with E-state index in [9.17, 15) is 0 Å². The zero-order chi connectivity index (χ0) is 20.4. The third kappa shape index (κ3) is 2.26. The summed E-state index contributed by atoms with van der Waals surface area (Å²) in [6.45, 7) is 0. The molecule has 5 aromatic carbocycles. The molecule has 0 amide bonds. The van der Waals surface area contributed by atoms with Gasteiger partial charge in [-0.1, -0.05) is 84.9 Å². The van der Waals surface area contributed by atoms with Crippen LogP contribution in [0.3, 0.4) is 0 Å². The molecule has 0 atom stereocenters. The van der Waals surface area contributed by atoms with Crippen LogP contribution in [0.25, 0.3) is 55.0 Å². The van der Waals surface area contributed by atoms with E-state index in [1.807, 2.05) is 0 Å². The molecule has 0 aliphatic heterocycles. The van der Waals surface area contributed by atoms with Crippen molar-refractivity contribution in [1.82, 2.24) is 4.57 Å². The Kier molecular flexibility index (Phi) is 3.45. The fourth-order valence-corrected chi connectivity index (χ4v) is 5.55. The molecule has 0 N–H and O–H groups in total. The lowest BCUT2D eigenvalue weighted by Crippen LogP contribution is -2.00. The lowest BCUT2D eigenvalue weighted by Gasteiger charge is -2.14. The van der Waals surface area contributed by atoms with Gasteiger partial charge < -0.3 is 4.57 Å². The second kappa shape index (κ2) is 6.33. The van der Waals surface area contributed by atoms with E-state index in [4.69, 9.17) is 0 Å². The number of benzene rings is 5. The zero-order valence-electron chi connectivity index (χ0n) is 17.2. The van der Waals surface area contributed by atoms with Crippen molar-refractivity contribution in [1.29, 1.82) is 0 Å². The molecule has 1 heteroatoms. The van der Waals surface area contributed by atoms with Crippen LogP contribution < -0.4 is 0 Å². The quantitative estimate of drug-likeness (QED) is 0.248. The minimum atomic E-state index is 1.08. The van der Waals surface area contributed by atoms with Crippen LogP contribution in [0.4, 0.5) is 0 Å². The smallest absolute Gasteiger partial charge is 0.0622 e. The van der Waals surface area contributed by atoms with Crippen LogP contribution in [0.1, 0.15) is 17.7 Å². The first-order valence-corrected chi connectivity index (χ1v) is 11.0. The number of allylic oxidation sites excluding steroid dienone is 1. The van der Waals surface area contributed by atoms with Crippen molar-refractivity contribution in [3.8, 4) is 5.69 Å². The van der Waals surface area contributed by atoms with Gasteiger partial charge in [0.05, 0.1) is 5.52 Å². The zero-order valence-corrected chi connectivity index (χ0v) is 17.2. The summed E-state index contributed by atoms with van der Waals surface area (Å²) in [5.74, 6) is 0. The first-order valence-electron chi connectivity index (χ1n) is 11.0. The summed E-state index contributed by atoms with van der Waals surface area (Å²) >= 11 is 0. The first kappa shape index (κ1) is 16.9. The van der Waals surface area contributed by atoms with E-state index in [1.165, 1.54) is 60.2 Å². The molecular weight excluding hydrogens is 374 g/mol. The van der Waals surface area contributed by atoms with Gasteiger partial charge in [-0.25, -0.2) is 0 Å². The molecule has 0 unspecified atom stereocenters. The number of aromatic nitrogens is 1. The van der Waals surface area contributed by atoms with Gasteiger partial charge in [0.2, 0.25) is 0 Å². The minimum Gasteiger partial charge on any atom is -0.309 e. The van der Waals surface area contributed by atoms with Crippen molar-refractivity contribution >= 4 is 49.3 Å². The third-order valence-electron chi connectivity index (χ3n) is 6.81. The maximum Gasteiger partial charge on any atom is 0.0622 e. The standard InChI is InChI=1S/C30H21N/c1-2-11-21(12-3-1)31-27-17-9-8-16-26(27)29-28-22-13-5-4-10-20(22)18-19-24(28)23-14-6-7-15-25(23)30(29)31/h1-7,9-15,17-19H,8,16H2. The van der Waals surface area contributed by atoms with E-state index in [2.05, 4.69) is 108 Å². The maximum atomic E-state index is 2.49. The number of hydrogen-bond donors (Lipinski definition) is 0. The van der Waals surface area contributed by atoms with Crippen molar-refractivity contribution in [2.75, 3.05) is 0 Å². The van der Waals surface area contributed by atoms with Crippen LogP contribution in [-0.2, 0) is 6.42 Å². The second-order valence-electron chi connectivity index (χ2n) is 8.45. The predicted molar refractivity (Wildman–Crippen MR) is 133 cm³/mol. The van der Waals surface area contributed by atoms with Crippen LogP contribution in [0, 0.1) is 0 Å². The maximum absolute atomic E-state index is 2.49. The van der Waals surface area contributed by atoms with Gasteiger partial charge in [0.15, 0.2) is 0 Å². The van der Waals surface area contributed by atoms with Gasteiger partial charge in [-0.05, 0) is 63.5 Å². The molecule has 31 heavy (non-hydrogen) atoms. The number of hydrogen-bond acceptors (Lipinski definition) is 0. The minimum absolute atomic E-state index is 1.08. The van der Waals surface area contributed by atoms with Crippen molar-refractivity contribution < 1.29 is 0 Å². The molecule has 146 valence electrons. The Morgan fingerprint density at radius 3 is 2.19 bits per heavy atom. The monoisotopic (exact) mass is 395 g/mol. The highest BCUT2D eigenvalue weighted by molar-refractivity contribution is 6.32. The van der Waals surface area contributed by atoms with Gasteiger partial charge in [-0.2, -0.15) is 0 Å². The molecule has 0 saturated heterocycles. The van der Waals surface area contributed by atoms with Crippen LogP contribution in [0.15, 0.2) is 97.1 Å². The normalized spacial score (nSPS) is 13.4. The highest BCUT2D eigenvalue weighted by Crippen LogP contribution is 2.45. The first-order chi connectivity index (χ1) is 15.4. The summed E-state index contributed by atoms with van der Waals surface area (Å²) in [5.41, 5.74) is 5.37. The van der Waals surface area contributed by atoms with Gasteiger partial charge >= 0.3 is 0 Å². The number of para-hydroxylation sites is 1. The molecule has 0 radical (unpaired) electrons. The molecule has 0 fully saturated rings. The SMILES string of the molecule is C1=Cc2c(c3c4c5ccccc5ccc4c4ccccc4c3n2-c2ccccc2)CC1. The lowest BCUT2D eigenvalue weighted by molar-refractivity contribution is 0.968. The molecule has 1 heterocycles. The van der Waals surface area contributed by atoms with Crippen LogP contribution in [0.5, 0.6) is 0 Å². The summed E-state index contributed by atoms with van der Waals surface area (Å²) < 4.78 is 2.49. The molecule has 1 aliphatic rings. The summed E-state index contributed by atoms with van der Waals surface area (Å²) in [6, 6.07) is 33.2. The Hall–Kier alpha value is -3.84. The topological polar surface area (TPSA) is 4.93 Å². The van der Waals surface area contributed by atoms with Gasteiger partial charge in [-0.3, -0.25) is 0 Å². The van der Waals surface area contributed by atoms with Gasteiger partial charge in [0.1, 0.15) is 0 Å². The van der Waals surface area contributed by atoms with Crippen molar-refractivity contribution in [3.63, 3.8) is 0 Å². The molecule has 1 aliphatic carbocycles. The third-order valence-corrected chi connectivity index (χ3v) is 6.81. The Morgan fingerprint density at radius 1 is 0.581 bits per heavy atom. The summed E-state index contributed by atoms with van der Waals surface area (Å²) in [6.07, 6.45) is 6.83. The Morgan fingerprint density at radius 2 is 1.32 bits per heavy atom. The number of nitrogens with zero attached hydrogens (tertiary/aromatic N) is 1. The summed E-state index contributed by atoms with van der Waals surface area (Å²) in [4.78, 5) is 0. The van der Waals surface area contributed by atoms with Crippen molar-refractivity contribution in [2.45, 2.75) is 12.8 Å². The average Bonchev–Trinajstić information content (AvgIpc) is 3.20. The highest BCUT2D eigenvalue weighted by Gasteiger charge is 2.23. The predicted octanol–water partition coefficient (Wildman–Crippen LogP) is 8.05. The summed E-state index contributed by atoms with van der Waals surface area (Å²) in [5, 5.41) is 9.47. The van der Waals surface area contributed by atoms with Crippen LogP contribution in [-0.4, -0.2) is 4.57 Å². The van der Waals surface area contributed by atoms with Gasteiger partial charge in [0, 0.05) is 22.2 Å². The second-order valence-corrected chi connectivity index (χ2v) is 8.45. The molecule has 0 spiro atoms. The number of fused-ring (bicyclic) bond motifs is 10. The highest BCUT2D eigenvalue weighted by atomic mass is 15.0. The van der Waals surface area contributed by atoms with E-state index >= 15 is 0 Å². The Bertz CT molecular complexity index is 1670. The molecule has 1 nitrogen and oxygen atoms in total. The number of aryl methyl sites for hydroxylation is 1. The van der Waals surface area contributed by atoms with Crippen molar-refractivity contribution in [3.05, 3.63) is 108 Å². The molecule has 1 aromatic heterocycles.